The van der Waals surface area contributed by atoms with E-state index in [-0.39, 0.29) is 0 Å². The number of hydrogen-bond acceptors (Lipinski definition) is 1. The van der Waals surface area contributed by atoms with Crippen molar-refractivity contribution >= 4 is 17.4 Å². The van der Waals surface area contributed by atoms with E-state index in [1.54, 1.807) is 0 Å². The van der Waals surface area contributed by atoms with Crippen LogP contribution in [0.2, 0.25) is 5.02 Å². The van der Waals surface area contributed by atoms with Gasteiger partial charge < -0.3 is 4.74 Å². The molecule has 1 heterocycles. The molecular formula is C16H13ClO. The van der Waals surface area contributed by atoms with Crippen molar-refractivity contribution in [3.8, 4) is 5.75 Å². The van der Waals surface area contributed by atoms with Crippen LogP contribution in [-0.2, 0) is 0 Å². The van der Waals surface area contributed by atoms with E-state index in [1.807, 2.05) is 42.5 Å². The van der Waals surface area contributed by atoms with Crippen LogP contribution in [-0.4, -0.2) is 0 Å². The molecule has 0 saturated carbocycles. The molecule has 3 rings (SSSR count). The summed E-state index contributed by atoms with van der Waals surface area (Å²) in [6.07, 6.45) is 2.14. The summed E-state index contributed by atoms with van der Waals surface area (Å²) < 4.78 is 5.95. The maximum atomic E-state index is 5.95. The summed E-state index contributed by atoms with van der Waals surface area (Å²) in [4.78, 5) is 0. The Morgan fingerprint density at radius 2 is 1.72 bits per heavy atom. The van der Waals surface area contributed by atoms with Gasteiger partial charge in [-0.1, -0.05) is 36.7 Å². The SMILES string of the molecule is CC1C=C(c2ccc(Cl)cc2)Oc2ccccc21. The second-order valence-corrected chi connectivity index (χ2v) is 4.90. The van der Waals surface area contributed by atoms with Crippen molar-refractivity contribution in [2.75, 3.05) is 0 Å². The summed E-state index contributed by atoms with van der Waals surface area (Å²) in [6.45, 7) is 2.18. The smallest absolute Gasteiger partial charge is 0.131 e. The monoisotopic (exact) mass is 256 g/mol. The minimum absolute atomic E-state index is 0.362. The third-order valence-electron chi connectivity index (χ3n) is 3.16. The maximum Gasteiger partial charge on any atom is 0.131 e. The van der Waals surface area contributed by atoms with Crippen molar-refractivity contribution in [1.29, 1.82) is 0 Å². The number of hydrogen-bond donors (Lipinski definition) is 0. The summed E-state index contributed by atoms with van der Waals surface area (Å²) in [6, 6.07) is 15.9. The van der Waals surface area contributed by atoms with E-state index in [2.05, 4.69) is 19.1 Å². The molecule has 1 unspecified atom stereocenters. The first-order chi connectivity index (χ1) is 8.74. The van der Waals surface area contributed by atoms with Gasteiger partial charge in [0.15, 0.2) is 0 Å². The third kappa shape index (κ3) is 2.02. The Balaban J connectivity index is 1.99. The number of halogens is 1. The fourth-order valence-electron chi connectivity index (χ4n) is 2.19. The lowest BCUT2D eigenvalue weighted by molar-refractivity contribution is 0.490. The molecule has 1 nitrogen and oxygen atoms in total. The topological polar surface area (TPSA) is 9.23 Å². The molecule has 2 aromatic carbocycles. The van der Waals surface area contributed by atoms with Crippen LogP contribution in [0.3, 0.4) is 0 Å². The second-order valence-electron chi connectivity index (χ2n) is 4.47. The molecule has 0 aromatic heterocycles. The zero-order valence-electron chi connectivity index (χ0n) is 10.1. The van der Waals surface area contributed by atoms with Crippen LogP contribution in [0.1, 0.15) is 24.0 Å². The number of allylic oxidation sites excluding steroid dienone is 1. The molecule has 0 N–H and O–H groups in total. The molecule has 2 heteroatoms. The molecule has 0 saturated heterocycles. The van der Waals surface area contributed by atoms with Crippen LogP contribution >= 0.6 is 11.6 Å². The lowest BCUT2D eigenvalue weighted by Gasteiger charge is -2.22. The first-order valence-electron chi connectivity index (χ1n) is 5.98. The van der Waals surface area contributed by atoms with Gasteiger partial charge in [-0.05, 0) is 36.4 Å². The summed E-state index contributed by atoms with van der Waals surface area (Å²) in [5.74, 6) is 2.20. The van der Waals surface area contributed by atoms with Gasteiger partial charge in [0.1, 0.15) is 11.5 Å². The molecule has 0 spiro atoms. The fraction of sp³-hybridized carbons (Fsp3) is 0.125. The zero-order chi connectivity index (χ0) is 12.5. The van der Waals surface area contributed by atoms with E-state index >= 15 is 0 Å². The van der Waals surface area contributed by atoms with Gasteiger partial charge in [-0.2, -0.15) is 0 Å². The van der Waals surface area contributed by atoms with E-state index in [0.29, 0.717) is 5.92 Å². The largest absolute Gasteiger partial charge is 0.457 e. The Kier molecular flexibility index (Phi) is 2.85. The van der Waals surface area contributed by atoms with Crippen LogP contribution in [0.4, 0.5) is 0 Å². The van der Waals surface area contributed by atoms with E-state index < -0.39 is 0 Å². The summed E-state index contributed by atoms with van der Waals surface area (Å²) >= 11 is 5.90. The Morgan fingerprint density at radius 3 is 2.50 bits per heavy atom. The predicted molar refractivity (Wildman–Crippen MR) is 74.9 cm³/mol. The normalized spacial score (nSPS) is 17.7. The molecule has 18 heavy (non-hydrogen) atoms. The molecule has 1 atom stereocenters. The van der Waals surface area contributed by atoms with Crippen LogP contribution in [0, 0.1) is 0 Å². The summed E-state index contributed by atoms with van der Waals surface area (Å²) in [5.41, 5.74) is 2.29. The van der Waals surface area contributed by atoms with Crippen molar-refractivity contribution in [3.63, 3.8) is 0 Å². The molecule has 0 radical (unpaired) electrons. The zero-order valence-corrected chi connectivity index (χ0v) is 10.8. The Morgan fingerprint density at radius 1 is 1.00 bits per heavy atom. The predicted octanol–water partition coefficient (Wildman–Crippen LogP) is 4.88. The van der Waals surface area contributed by atoms with Crippen molar-refractivity contribution in [2.45, 2.75) is 12.8 Å². The lowest BCUT2D eigenvalue weighted by atomic mass is 9.96. The average molecular weight is 257 g/mol. The van der Waals surface area contributed by atoms with Crippen molar-refractivity contribution in [3.05, 3.63) is 70.8 Å². The molecule has 1 aliphatic rings. The van der Waals surface area contributed by atoms with Gasteiger partial charge in [-0.15, -0.1) is 0 Å². The van der Waals surface area contributed by atoms with Gasteiger partial charge in [0.05, 0.1) is 0 Å². The quantitative estimate of drug-likeness (QED) is 0.707. The van der Waals surface area contributed by atoms with Gasteiger partial charge in [-0.3, -0.25) is 0 Å². The molecule has 2 aromatic rings. The highest BCUT2D eigenvalue weighted by Crippen LogP contribution is 2.36. The lowest BCUT2D eigenvalue weighted by Crippen LogP contribution is -2.06. The van der Waals surface area contributed by atoms with Gasteiger partial charge in [0.25, 0.3) is 0 Å². The third-order valence-corrected chi connectivity index (χ3v) is 3.41. The highest BCUT2D eigenvalue weighted by Gasteiger charge is 2.18. The highest BCUT2D eigenvalue weighted by molar-refractivity contribution is 6.30. The molecular weight excluding hydrogens is 244 g/mol. The maximum absolute atomic E-state index is 5.95. The minimum atomic E-state index is 0.362. The van der Waals surface area contributed by atoms with Crippen molar-refractivity contribution in [2.24, 2.45) is 0 Å². The molecule has 0 amide bonds. The number of ether oxygens (including phenoxy) is 1. The standard InChI is InChI=1S/C16H13ClO/c1-11-10-16(12-6-8-13(17)9-7-12)18-15-5-3-2-4-14(11)15/h2-11H,1H3. The Hall–Kier alpha value is -1.73. The van der Waals surface area contributed by atoms with Crippen molar-refractivity contribution in [1.82, 2.24) is 0 Å². The molecule has 0 fully saturated rings. The Labute approximate surface area is 112 Å². The first-order valence-corrected chi connectivity index (χ1v) is 6.36. The van der Waals surface area contributed by atoms with Crippen LogP contribution in [0.15, 0.2) is 54.6 Å². The fourth-order valence-corrected chi connectivity index (χ4v) is 2.31. The number of benzene rings is 2. The van der Waals surface area contributed by atoms with Crippen LogP contribution in [0.5, 0.6) is 5.75 Å². The van der Waals surface area contributed by atoms with Gasteiger partial charge in [-0.25, -0.2) is 0 Å². The molecule has 0 aliphatic carbocycles. The number of para-hydroxylation sites is 1. The minimum Gasteiger partial charge on any atom is -0.457 e. The van der Waals surface area contributed by atoms with Crippen LogP contribution < -0.4 is 4.74 Å². The van der Waals surface area contributed by atoms with E-state index in [9.17, 15) is 0 Å². The average Bonchev–Trinajstić information content (AvgIpc) is 2.39. The second kappa shape index (κ2) is 4.51. The summed E-state index contributed by atoms with van der Waals surface area (Å²) in [5, 5.41) is 0.739. The van der Waals surface area contributed by atoms with Crippen LogP contribution in [0.25, 0.3) is 5.76 Å². The number of fused-ring (bicyclic) bond motifs is 1. The van der Waals surface area contributed by atoms with Crippen molar-refractivity contribution < 1.29 is 4.74 Å². The summed E-state index contributed by atoms with van der Waals surface area (Å²) in [7, 11) is 0. The Bertz CT molecular complexity index is 599. The highest BCUT2D eigenvalue weighted by atomic mass is 35.5. The van der Waals surface area contributed by atoms with E-state index in [1.165, 1.54) is 5.56 Å². The molecule has 90 valence electrons. The number of rotatable bonds is 1. The van der Waals surface area contributed by atoms with E-state index in [4.69, 9.17) is 16.3 Å². The van der Waals surface area contributed by atoms with Gasteiger partial charge in [0, 0.05) is 22.1 Å². The van der Waals surface area contributed by atoms with E-state index in [0.717, 1.165) is 22.1 Å². The van der Waals surface area contributed by atoms with Gasteiger partial charge in [0.2, 0.25) is 0 Å². The molecule has 1 aliphatic heterocycles. The van der Waals surface area contributed by atoms with Gasteiger partial charge >= 0.3 is 0 Å². The molecule has 0 bridgehead atoms. The first kappa shape index (κ1) is 11.4.